The summed E-state index contributed by atoms with van der Waals surface area (Å²) in [4.78, 5) is 0. The molecular weight excluding hydrogens is 180 g/mol. The number of rotatable bonds is 2. The molecule has 74 valence electrons. The van der Waals surface area contributed by atoms with Crippen LogP contribution in [-0.2, 0) is 0 Å². The standard InChI is InChI=1S/C15H14/c1-3-13-9-10-15(11-12(13)2)14-7-5-4-6-8-14/h3-11H,1H2,2H3. The van der Waals surface area contributed by atoms with Crippen molar-refractivity contribution in [3.63, 3.8) is 0 Å². The van der Waals surface area contributed by atoms with Gasteiger partial charge in [0, 0.05) is 0 Å². The highest BCUT2D eigenvalue weighted by atomic mass is 14.0. The van der Waals surface area contributed by atoms with Crippen molar-refractivity contribution in [2.45, 2.75) is 6.92 Å². The highest BCUT2D eigenvalue weighted by Gasteiger charge is 1.98. The minimum Gasteiger partial charge on any atom is -0.0985 e. The van der Waals surface area contributed by atoms with E-state index >= 15 is 0 Å². The Balaban J connectivity index is 2.47. The van der Waals surface area contributed by atoms with Crippen LogP contribution in [0.15, 0.2) is 55.1 Å². The first-order chi connectivity index (χ1) is 7.31. The maximum Gasteiger partial charge on any atom is -0.0181 e. The van der Waals surface area contributed by atoms with Gasteiger partial charge in [-0.25, -0.2) is 0 Å². The monoisotopic (exact) mass is 194 g/mol. The maximum atomic E-state index is 3.79. The second-order valence-electron chi connectivity index (χ2n) is 3.64. The van der Waals surface area contributed by atoms with Crippen LogP contribution in [0.1, 0.15) is 11.1 Å². The van der Waals surface area contributed by atoms with Crippen LogP contribution in [0.3, 0.4) is 0 Å². The average molecular weight is 194 g/mol. The largest absolute Gasteiger partial charge is 0.0985 e. The highest BCUT2D eigenvalue weighted by molar-refractivity contribution is 5.67. The van der Waals surface area contributed by atoms with Crippen LogP contribution in [0.2, 0.25) is 0 Å². The molecule has 0 aliphatic rings. The minimum absolute atomic E-state index is 1.20. The van der Waals surface area contributed by atoms with Crippen molar-refractivity contribution in [2.24, 2.45) is 0 Å². The van der Waals surface area contributed by atoms with Crippen molar-refractivity contribution in [2.75, 3.05) is 0 Å². The summed E-state index contributed by atoms with van der Waals surface area (Å²) >= 11 is 0. The maximum absolute atomic E-state index is 3.79. The van der Waals surface area contributed by atoms with E-state index in [0.717, 1.165) is 0 Å². The summed E-state index contributed by atoms with van der Waals surface area (Å²) in [5, 5.41) is 0. The van der Waals surface area contributed by atoms with E-state index in [4.69, 9.17) is 0 Å². The molecule has 2 aromatic rings. The fourth-order valence-corrected chi connectivity index (χ4v) is 1.71. The molecule has 0 unspecified atom stereocenters. The zero-order valence-electron chi connectivity index (χ0n) is 8.90. The second kappa shape index (κ2) is 4.14. The average Bonchev–Trinajstić information content (AvgIpc) is 2.30. The van der Waals surface area contributed by atoms with E-state index in [1.165, 1.54) is 22.3 Å². The Kier molecular flexibility index (Phi) is 2.68. The second-order valence-corrected chi connectivity index (χ2v) is 3.64. The van der Waals surface area contributed by atoms with Gasteiger partial charge in [0.15, 0.2) is 0 Å². The zero-order chi connectivity index (χ0) is 10.7. The summed E-state index contributed by atoms with van der Waals surface area (Å²) < 4.78 is 0. The van der Waals surface area contributed by atoms with Crippen LogP contribution in [-0.4, -0.2) is 0 Å². The van der Waals surface area contributed by atoms with Gasteiger partial charge in [-0.2, -0.15) is 0 Å². The molecule has 0 aliphatic carbocycles. The number of hydrogen-bond acceptors (Lipinski definition) is 0. The van der Waals surface area contributed by atoms with Gasteiger partial charge < -0.3 is 0 Å². The molecule has 0 N–H and O–H groups in total. The molecule has 15 heavy (non-hydrogen) atoms. The van der Waals surface area contributed by atoms with Gasteiger partial charge in [0.2, 0.25) is 0 Å². The Hall–Kier alpha value is -1.82. The molecule has 0 saturated heterocycles. The zero-order valence-corrected chi connectivity index (χ0v) is 8.90. The molecule has 0 aliphatic heterocycles. The summed E-state index contributed by atoms with van der Waals surface area (Å²) in [7, 11) is 0. The van der Waals surface area contributed by atoms with E-state index in [0.29, 0.717) is 0 Å². The van der Waals surface area contributed by atoms with Crippen molar-refractivity contribution in [1.82, 2.24) is 0 Å². The molecule has 0 amide bonds. The Morgan fingerprint density at radius 3 is 2.27 bits per heavy atom. The van der Waals surface area contributed by atoms with Gasteiger partial charge in [-0.3, -0.25) is 0 Å². The molecule has 0 radical (unpaired) electrons. The molecular formula is C15H14. The predicted molar refractivity (Wildman–Crippen MR) is 66.7 cm³/mol. The Bertz CT molecular complexity index is 467. The summed E-state index contributed by atoms with van der Waals surface area (Å²) in [6.45, 7) is 5.91. The van der Waals surface area contributed by atoms with Crippen LogP contribution in [0.4, 0.5) is 0 Å². The lowest BCUT2D eigenvalue weighted by atomic mass is 10.00. The lowest BCUT2D eigenvalue weighted by Crippen LogP contribution is -1.83. The van der Waals surface area contributed by atoms with E-state index in [-0.39, 0.29) is 0 Å². The third-order valence-corrected chi connectivity index (χ3v) is 2.60. The first-order valence-corrected chi connectivity index (χ1v) is 5.10. The normalized spacial score (nSPS) is 9.93. The Labute approximate surface area is 90.9 Å². The summed E-state index contributed by atoms with van der Waals surface area (Å²) in [5.74, 6) is 0. The summed E-state index contributed by atoms with van der Waals surface area (Å²) in [5.41, 5.74) is 5.00. The third-order valence-electron chi connectivity index (χ3n) is 2.60. The molecule has 0 fully saturated rings. The number of benzene rings is 2. The number of aryl methyl sites for hydroxylation is 1. The van der Waals surface area contributed by atoms with Crippen LogP contribution < -0.4 is 0 Å². The van der Waals surface area contributed by atoms with Gasteiger partial charge in [-0.1, -0.05) is 61.2 Å². The Morgan fingerprint density at radius 1 is 0.933 bits per heavy atom. The summed E-state index contributed by atoms with van der Waals surface area (Å²) in [6, 6.07) is 16.9. The molecule has 0 heteroatoms. The van der Waals surface area contributed by atoms with Crippen LogP contribution >= 0.6 is 0 Å². The van der Waals surface area contributed by atoms with Gasteiger partial charge >= 0.3 is 0 Å². The fourth-order valence-electron chi connectivity index (χ4n) is 1.71. The molecule has 2 rings (SSSR count). The first-order valence-electron chi connectivity index (χ1n) is 5.10. The molecule has 0 nitrogen and oxygen atoms in total. The molecule has 0 aromatic heterocycles. The molecule has 0 atom stereocenters. The predicted octanol–water partition coefficient (Wildman–Crippen LogP) is 4.31. The van der Waals surface area contributed by atoms with Crippen molar-refractivity contribution in [3.8, 4) is 11.1 Å². The van der Waals surface area contributed by atoms with Crippen molar-refractivity contribution < 1.29 is 0 Å². The lowest BCUT2D eigenvalue weighted by Gasteiger charge is -2.05. The van der Waals surface area contributed by atoms with Crippen LogP contribution in [0.25, 0.3) is 17.2 Å². The van der Waals surface area contributed by atoms with Crippen molar-refractivity contribution in [3.05, 3.63) is 66.2 Å². The molecule has 0 spiro atoms. The number of hydrogen-bond donors (Lipinski definition) is 0. The van der Waals surface area contributed by atoms with Gasteiger partial charge in [0.1, 0.15) is 0 Å². The van der Waals surface area contributed by atoms with E-state index in [1.54, 1.807) is 0 Å². The van der Waals surface area contributed by atoms with Crippen LogP contribution in [0.5, 0.6) is 0 Å². The first kappa shape index (κ1) is 9.72. The molecule has 0 heterocycles. The lowest BCUT2D eigenvalue weighted by molar-refractivity contribution is 1.44. The molecule has 0 saturated carbocycles. The fraction of sp³-hybridized carbons (Fsp3) is 0.0667. The Morgan fingerprint density at radius 2 is 1.67 bits per heavy atom. The van der Waals surface area contributed by atoms with E-state index in [1.807, 2.05) is 12.1 Å². The third kappa shape index (κ3) is 1.99. The van der Waals surface area contributed by atoms with Crippen molar-refractivity contribution >= 4 is 6.08 Å². The van der Waals surface area contributed by atoms with E-state index in [9.17, 15) is 0 Å². The van der Waals surface area contributed by atoms with E-state index < -0.39 is 0 Å². The van der Waals surface area contributed by atoms with Gasteiger partial charge in [-0.05, 0) is 29.2 Å². The SMILES string of the molecule is C=Cc1ccc(-c2ccccc2)cc1C. The smallest absolute Gasteiger partial charge is 0.0181 e. The summed E-state index contributed by atoms with van der Waals surface area (Å²) in [6.07, 6.45) is 1.89. The highest BCUT2D eigenvalue weighted by Crippen LogP contribution is 2.22. The van der Waals surface area contributed by atoms with Crippen molar-refractivity contribution in [1.29, 1.82) is 0 Å². The minimum atomic E-state index is 1.20. The van der Waals surface area contributed by atoms with Gasteiger partial charge in [0.25, 0.3) is 0 Å². The van der Waals surface area contributed by atoms with Gasteiger partial charge in [-0.15, -0.1) is 0 Å². The van der Waals surface area contributed by atoms with E-state index in [2.05, 4.69) is 56.0 Å². The quantitative estimate of drug-likeness (QED) is 0.668. The topological polar surface area (TPSA) is 0 Å². The van der Waals surface area contributed by atoms with Crippen LogP contribution in [0, 0.1) is 6.92 Å². The van der Waals surface area contributed by atoms with Gasteiger partial charge in [0.05, 0.1) is 0 Å². The molecule has 2 aromatic carbocycles. The molecule has 0 bridgehead atoms.